The van der Waals surface area contributed by atoms with E-state index in [0.717, 1.165) is 0 Å². The van der Waals surface area contributed by atoms with Gasteiger partial charge in [-0.05, 0) is 37.3 Å². The molecule has 0 bridgehead atoms. The van der Waals surface area contributed by atoms with Crippen molar-refractivity contribution in [3.8, 4) is 5.75 Å². The number of hydrogen-bond donors (Lipinski definition) is 2. The Balaban J connectivity index is 1.77. The van der Waals surface area contributed by atoms with E-state index in [2.05, 4.69) is 15.3 Å². The van der Waals surface area contributed by atoms with Crippen LogP contribution in [0.5, 0.6) is 5.75 Å². The summed E-state index contributed by atoms with van der Waals surface area (Å²) < 4.78 is 5.41. The van der Waals surface area contributed by atoms with Crippen LogP contribution in [0, 0.1) is 6.92 Å². The summed E-state index contributed by atoms with van der Waals surface area (Å²) in [7, 11) is 0. The maximum Gasteiger partial charge on any atom is 0.335 e. The number of benzene rings is 1. The monoisotopic (exact) mass is 301 g/mol. The molecule has 0 spiro atoms. The molecule has 1 heterocycles. The number of carboxylic acid groups (broad SMARTS) is 1. The van der Waals surface area contributed by atoms with E-state index in [4.69, 9.17) is 9.84 Å². The van der Waals surface area contributed by atoms with Crippen LogP contribution >= 0.6 is 0 Å². The molecule has 7 heteroatoms. The van der Waals surface area contributed by atoms with Crippen LogP contribution in [0.1, 0.15) is 26.7 Å². The average molecular weight is 301 g/mol. The lowest BCUT2D eigenvalue weighted by atomic mass is 10.2. The zero-order chi connectivity index (χ0) is 15.9. The van der Waals surface area contributed by atoms with Gasteiger partial charge in [0.25, 0.3) is 5.91 Å². The highest BCUT2D eigenvalue weighted by Crippen LogP contribution is 2.11. The summed E-state index contributed by atoms with van der Waals surface area (Å²) in [6.07, 6.45) is 1.53. The fraction of sp³-hybridized carbons (Fsp3) is 0.200. The van der Waals surface area contributed by atoms with Crippen LogP contribution in [-0.4, -0.2) is 40.1 Å². The molecule has 0 atom stereocenters. The van der Waals surface area contributed by atoms with Crippen molar-refractivity contribution in [1.82, 2.24) is 15.3 Å². The molecule has 0 saturated carbocycles. The molecule has 0 radical (unpaired) electrons. The van der Waals surface area contributed by atoms with Crippen LogP contribution in [0.15, 0.2) is 36.5 Å². The van der Waals surface area contributed by atoms with Gasteiger partial charge in [-0.3, -0.25) is 4.79 Å². The molecule has 0 saturated heterocycles. The van der Waals surface area contributed by atoms with Crippen molar-refractivity contribution in [1.29, 1.82) is 0 Å². The molecule has 7 nitrogen and oxygen atoms in total. The smallest absolute Gasteiger partial charge is 0.335 e. The van der Waals surface area contributed by atoms with Gasteiger partial charge in [0.2, 0.25) is 0 Å². The number of ether oxygens (including phenoxy) is 1. The maximum absolute atomic E-state index is 11.8. The molecule has 22 heavy (non-hydrogen) atoms. The van der Waals surface area contributed by atoms with Gasteiger partial charge in [0.05, 0.1) is 12.1 Å². The number of carboxylic acids is 1. The van der Waals surface area contributed by atoms with Crippen molar-refractivity contribution in [2.45, 2.75) is 6.92 Å². The van der Waals surface area contributed by atoms with Crippen LogP contribution in [0.25, 0.3) is 0 Å². The summed E-state index contributed by atoms with van der Waals surface area (Å²) >= 11 is 0. The number of carbonyl (C=O) groups is 2. The largest absolute Gasteiger partial charge is 0.492 e. The van der Waals surface area contributed by atoms with E-state index in [0.29, 0.717) is 23.8 Å². The number of aryl methyl sites for hydroxylation is 1. The lowest BCUT2D eigenvalue weighted by Crippen LogP contribution is -2.29. The molecule has 0 aliphatic carbocycles. The van der Waals surface area contributed by atoms with E-state index < -0.39 is 5.97 Å². The number of aromatic carboxylic acids is 1. The molecule has 2 N–H and O–H groups in total. The quantitative estimate of drug-likeness (QED) is 0.780. The van der Waals surface area contributed by atoms with E-state index in [1.54, 1.807) is 19.1 Å². The minimum absolute atomic E-state index is 0.194. The predicted molar refractivity (Wildman–Crippen MR) is 78.0 cm³/mol. The van der Waals surface area contributed by atoms with Crippen LogP contribution < -0.4 is 10.1 Å². The van der Waals surface area contributed by atoms with Gasteiger partial charge >= 0.3 is 5.97 Å². The fourth-order valence-corrected chi connectivity index (χ4v) is 1.70. The second kappa shape index (κ2) is 7.16. The van der Waals surface area contributed by atoms with Crippen LogP contribution in [0.4, 0.5) is 0 Å². The van der Waals surface area contributed by atoms with Gasteiger partial charge in [0, 0.05) is 6.20 Å². The number of hydrogen-bond acceptors (Lipinski definition) is 5. The zero-order valence-electron chi connectivity index (χ0n) is 11.9. The molecule has 0 aliphatic rings. The predicted octanol–water partition coefficient (Wildman–Crippen LogP) is 1.29. The molecular weight excluding hydrogens is 286 g/mol. The molecule has 0 aliphatic heterocycles. The number of nitrogens with one attached hydrogen (secondary N) is 1. The molecule has 1 aromatic carbocycles. The van der Waals surface area contributed by atoms with Crippen molar-refractivity contribution < 1.29 is 19.4 Å². The van der Waals surface area contributed by atoms with E-state index in [-0.39, 0.29) is 18.1 Å². The number of carbonyl (C=O) groups excluding carboxylic acids is 1. The summed E-state index contributed by atoms with van der Waals surface area (Å²) in [5, 5.41) is 11.5. The minimum Gasteiger partial charge on any atom is -0.492 e. The van der Waals surface area contributed by atoms with Crippen LogP contribution in [0.3, 0.4) is 0 Å². The summed E-state index contributed by atoms with van der Waals surface area (Å²) in [6.45, 7) is 2.28. The first kappa shape index (κ1) is 15.4. The molecule has 1 aromatic heterocycles. The first-order valence-corrected chi connectivity index (χ1v) is 6.60. The Kier molecular flexibility index (Phi) is 5.02. The first-order chi connectivity index (χ1) is 10.6. The standard InChI is InChI=1S/C15H15N3O4/c1-10-16-7-6-13(18-10)14(19)17-8-9-22-12-4-2-11(3-5-12)15(20)21/h2-7H,8-9H2,1H3,(H,17,19)(H,20,21). The van der Waals surface area contributed by atoms with E-state index >= 15 is 0 Å². The van der Waals surface area contributed by atoms with Crippen molar-refractivity contribution in [2.75, 3.05) is 13.2 Å². The summed E-state index contributed by atoms with van der Waals surface area (Å²) in [5.41, 5.74) is 0.498. The highest BCUT2D eigenvalue weighted by molar-refractivity contribution is 5.92. The molecule has 2 rings (SSSR count). The van der Waals surface area contributed by atoms with E-state index in [1.807, 2.05) is 0 Å². The molecule has 0 unspecified atom stereocenters. The highest BCUT2D eigenvalue weighted by atomic mass is 16.5. The van der Waals surface area contributed by atoms with Gasteiger partial charge < -0.3 is 15.2 Å². The summed E-state index contributed by atoms with van der Waals surface area (Å²) in [5.74, 6) is -0.214. The zero-order valence-corrected chi connectivity index (χ0v) is 11.9. The Morgan fingerprint density at radius 3 is 2.59 bits per heavy atom. The van der Waals surface area contributed by atoms with Crippen molar-refractivity contribution in [3.63, 3.8) is 0 Å². The molecule has 1 amide bonds. The highest BCUT2D eigenvalue weighted by Gasteiger charge is 2.07. The second-order valence-electron chi connectivity index (χ2n) is 4.42. The fourth-order valence-electron chi connectivity index (χ4n) is 1.70. The van der Waals surface area contributed by atoms with Gasteiger partial charge in [-0.25, -0.2) is 14.8 Å². The molecular formula is C15H15N3O4. The second-order valence-corrected chi connectivity index (χ2v) is 4.42. The van der Waals surface area contributed by atoms with Crippen molar-refractivity contribution in [3.05, 3.63) is 53.6 Å². The van der Waals surface area contributed by atoms with Crippen molar-refractivity contribution in [2.24, 2.45) is 0 Å². The number of amides is 1. The molecule has 0 fully saturated rings. The minimum atomic E-state index is -0.987. The summed E-state index contributed by atoms with van der Waals surface area (Å²) in [4.78, 5) is 30.5. The van der Waals surface area contributed by atoms with E-state index in [1.165, 1.54) is 24.4 Å². The SMILES string of the molecule is Cc1nccc(C(=O)NCCOc2ccc(C(=O)O)cc2)n1. The Bertz CT molecular complexity index is 671. The first-order valence-electron chi connectivity index (χ1n) is 6.60. The lowest BCUT2D eigenvalue weighted by Gasteiger charge is -2.08. The van der Waals surface area contributed by atoms with Gasteiger partial charge in [-0.2, -0.15) is 0 Å². The van der Waals surface area contributed by atoms with Crippen LogP contribution in [-0.2, 0) is 0 Å². The van der Waals surface area contributed by atoms with Gasteiger partial charge in [-0.15, -0.1) is 0 Å². The molecule has 2 aromatic rings. The molecule has 114 valence electrons. The number of aromatic nitrogens is 2. The summed E-state index contributed by atoms with van der Waals surface area (Å²) in [6, 6.07) is 7.59. The van der Waals surface area contributed by atoms with Gasteiger partial charge in [0.15, 0.2) is 0 Å². The van der Waals surface area contributed by atoms with Gasteiger partial charge in [-0.1, -0.05) is 0 Å². The number of nitrogens with zero attached hydrogens (tertiary/aromatic N) is 2. The Labute approximate surface area is 127 Å². The Morgan fingerprint density at radius 2 is 1.95 bits per heavy atom. The average Bonchev–Trinajstić information content (AvgIpc) is 2.51. The Hall–Kier alpha value is -2.96. The van der Waals surface area contributed by atoms with Crippen molar-refractivity contribution >= 4 is 11.9 Å². The topological polar surface area (TPSA) is 101 Å². The van der Waals surface area contributed by atoms with E-state index in [9.17, 15) is 9.59 Å². The lowest BCUT2D eigenvalue weighted by molar-refractivity contribution is 0.0696. The third-order valence-corrected chi connectivity index (χ3v) is 2.77. The third-order valence-electron chi connectivity index (χ3n) is 2.77. The maximum atomic E-state index is 11.8. The normalized spacial score (nSPS) is 10.0. The number of rotatable bonds is 6. The Morgan fingerprint density at radius 1 is 1.23 bits per heavy atom. The third kappa shape index (κ3) is 4.27. The van der Waals surface area contributed by atoms with Gasteiger partial charge in [0.1, 0.15) is 23.9 Å². The van der Waals surface area contributed by atoms with Crippen LogP contribution in [0.2, 0.25) is 0 Å².